The van der Waals surface area contributed by atoms with Gasteiger partial charge in [-0.3, -0.25) is 0 Å². The van der Waals surface area contributed by atoms with E-state index in [1.807, 2.05) is 36.4 Å². The molecule has 2 aliphatic carbocycles. The van der Waals surface area contributed by atoms with Gasteiger partial charge in [0.25, 0.3) is 0 Å². The maximum Gasteiger partial charge on any atom is 0.174 e. The number of ether oxygens (including phenoxy) is 1. The average Bonchev–Trinajstić information content (AvgIpc) is 0.804. The van der Waals surface area contributed by atoms with Crippen LogP contribution in [-0.2, 0) is 65.4 Å². The summed E-state index contributed by atoms with van der Waals surface area (Å²) in [4.78, 5) is 21.5. The molecule has 16 aromatic carbocycles. The summed E-state index contributed by atoms with van der Waals surface area (Å²) in [5.74, 6) is 1.63. The molecule has 602 valence electrons. The van der Waals surface area contributed by atoms with Crippen LogP contribution in [0.3, 0.4) is 0 Å². The summed E-state index contributed by atoms with van der Waals surface area (Å²) in [5, 5.41) is 5.08. The lowest BCUT2D eigenvalue weighted by Gasteiger charge is -2.22. The molecule has 1 unspecified atom stereocenters. The van der Waals surface area contributed by atoms with Crippen molar-refractivity contribution in [1.82, 2.24) is 0 Å². The van der Waals surface area contributed by atoms with Crippen molar-refractivity contribution in [3.8, 4) is 5.75 Å². The van der Waals surface area contributed by atoms with Gasteiger partial charge in [0, 0.05) is 47.0 Å². The van der Waals surface area contributed by atoms with E-state index in [-0.39, 0.29) is 43.6 Å². The van der Waals surface area contributed by atoms with E-state index in [4.69, 9.17) is 27.9 Å². The first-order valence-electron chi connectivity index (χ1n) is 41.3. The molecule has 2 aliphatic rings. The zero-order valence-electron chi connectivity index (χ0n) is 68.8. The number of halogens is 2. The number of hydrogen-bond acceptors (Lipinski definition) is 2. The Morgan fingerprint density at radius 2 is 0.550 bits per heavy atom. The maximum atomic E-state index is 6.04. The highest BCUT2D eigenvalue weighted by molar-refractivity contribution is 7.99. The SMILES string of the molecule is COc1ccc([S+](c2ccc(Cl)cc2)c2ccc(Cl)cc2)cc1.C[S+](C)c1ccccc1.C[S+](c1ccccc1)C1CCCCC1.c1ccc(Sc2ccc([S+](c3ccccc3)c3ccccc3)cc2)cc1.c1ccc([S+](c2ccccc2)c2ccc(C3CCCCC3)cc2)cc1.c1ccc([S+](c2ccccc2)c2cccc3ccccc23)cc1. The fourth-order valence-electron chi connectivity index (χ4n) is 14.7. The normalized spacial score (nSPS) is 12.9. The van der Waals surface area contributed by atoms with Gasteiger partial charge >= 0.3 is 0 Å². The molecular weight excluding hydrogens is 1630 g/mol. The van der Waals surface area contributed by atoms with Gasteiger partial charge in [-0.25, -0.2) is 0 Å². The Hall–Kier alpha value is -9.39. The molecule has 1 nitrogen and oxygen atoms in total. The maximum absolute atomic E-state index is 6.04. The van der Waals surface area contributed by atoms with Gasteiger partial charge in [-0.2, -0.15) is 0 Å². The quantitative estimate of drug-likeness (QED) is 0.0746. The molecule has 0 saturated heterocycles. The molecule has 0 N–H and O–H groups in total. The van der Waals surface area contributed by atoms with Crippen LogP contribution >= 0.6 is 35.0 Å². The predicted octanol–water partition coefficient (Wildman–Crippen LogP) is 31.3. The minimum absolute atomic E-state index is 0.0278. The van der Waals surface area contributed by atoms with Gasteiger partial charge in [-0.1, -0.05) is 267 Å². The van der Waals surface area contributed by atoms with E-state index in [0.717, 1.165) is 27.0 Å². The fraction of sp³-hybridized carbons (Fsp3) is 0.145. The summed E-state index contributed by atoms with van der Waals surface area (Å²) < 4.78 is 5.26. The molecule has 0 radical (unpaired) electrons. The van der Waals surface area contributed by atoms with Crippen LogP contribution in [0.25, 0.3) is 10.8 Å². The standard InChI is InChI=1S/C24H19S2.C24H25S.C22H17S.C19H15Cl2OS.C13H19S.C8H11S/c1-4-10-20(11-5-1)25-21-16-18-24(19-17-21)26(22-12-6-2-7-13-22)23-14-8-3-9-15-23;1-4-10-20(11-5-1)21-16-18-24(19-17-21)25(22-12-6-2-7-13-22)23-14-8-3-9-15-23;1-3-12-19(13-4-1)23(20-14-5-2-6-15-20)22-17-9-11-18-10-7-8-16-21(18)22;1-22-16-6-12-19(13-7-16)23(17-8-2-14(20)3-9-17)18-10-4-15(21)5-11-18;1-14(12-8-4-2-5-9-12)13-10-6-3-7-11-13;1-9(2)8-6-4-3-5-7-8/h1-19H;2-3,6-9,12-20H,1,4-5,10-11H2;1-17H;2-13H,1H3;2,4-5,8-9,13H,3,6-7,10-11H2,1H3;3-7H,1-2H3/q6*+1. The molecular formula is C110H106Cl2OS7+6. The summed E-state index contributed by atoms with van der Waals surface area (Å²) in [6.45, 7) is 0. The lowest BCUT2D eigenvalue weighted by atomic mass is 9.84. The molecule has 2 fully saturated rings. The molecule has 0 aromatic heterocycles. The minimum Gasteiger partial charge on any atom is -0.497 e. The van der Waals surface area contributed by atoms with Crippen molar-refractivity contribution >= 4 is 111 Å². The van der Waals surface area contributed by atoms with Crippen LogP contribution in [0.2, 0.25) is 10.0 Å². The summed E-state index contributed by atoms with van der Waals surface area (Å²) in [7, 11) is 2.17. The van der Waals surface area contributed by atoms with Gasteiger partial charge in [0.2, 0.25) is 0 Å². The van der Waals surface area contributed by atoms with Crippen molar-refractivity contribution in [2.75, 3.05) is 25.9 Å². The van der Waals surface area contributed by atoms with Crippen molar-refractivity contribution in [3.63, 3.8) is 0 Å². The van der Waals surface area contributed by atoms with Gasteiger partial charge < -0.3 is 4.74 Å². The van der Waals surface area contributed by atoms with Gasteiger partial charge in [-0.05, 0) is 286 Å². The molecule has 120 heavy (non-hydrogen) atoms. The molecule has 16 aromatic rings. The van der Waals surface area contributed by atoms with E-state index in [1.165, 1.54) is 154 Å². The van der Waals surface area contributed by atoms with E-state index in [2.05, 4.69) is 419 Å². The summed E-state index contributed by atoms with van der Waals surface area (Å²) in [6, 6.07) is 155. The van der Waals surface area contributed by atoms with Gasteiger partial charge in [0.1, 0.15) is 29.8 Å². The topological polar surface area (TPSA) is 9.23 Å². The number of hydrogen-bond donors (Lipinski definition) is 0. The molecule has 1 atom stereocenters. The van der Waals surface area contributed by atoms with E-state index in [1.54, 1.807) is 23.8 Å². The van der Waals surface area contributed by atoms with Gasteiger partial charge in [0.05, 0.1) is 50.7 Å². The number of rotatable bonds is 19. The number of methoxy groups -OCH3 is 1. The Morgan fingerprint density at radius 1 is 0.258 bits per heavy atom. The summed E-state index contributed by atoms with van der Waals surface area (Å²) in [5.41, 5.74) is 1.54. The molecule has 0 amide bonds. The minimum atomic E-state index is -0.214. The predicted molar refractivity (Wildman–Crippen MR) is 525 cm³/mol. The molecule has 0 bridgehead atoms. The Labute approximate surface area is 746 Å². The van der Waals surface area contributed by atoms with E-state index in [9.17, 15) is 0 Å². The van der Waals surface area contributed by atoms with E-state index < -0.39 is 0 Å². The second-order valence-electron chi connectivity index (χ2n) is 29.2. The number of fused-ring (bicyclic) bond motifs is 1. The third-order valence-electron chi connectivity index (χ3n) is 20.8. The first-order valence-corrected chi connectivity index (χ1v) is 51.5. The second kappa shape index (κ2) is 47.7. The largest absolute Gasteiger partial charge is 0.497 e. The highest BCUT2D eigenvalue weighted by Crippen LogP contribution is 2.41. The molecule has 0 heterocycles. The smallest absolute Gasteiger partial charge is 0.174 e. The first kappa shape index (κ1) is 88.4. The summed E-state index contributed by atoms with van der Waals surface area (Å²) in [6.07, 6.45) is 21.1. The fourth-order valence-corrected chi connectivity index (χ4v) is 27.0. The van der Waals surface area contributed by atoms with Crippen molar-refractivity contribution in [2.45, 2.75) is 154 Å². The molecule has 10 heteroatoms. The van der Waals surface area contributed by atoms with Crippen LogP contribution in [0.15, 0.2) is 515 Å². The zero-order chi connectivity index (χ0) is 82.7. The Kier molecular flexibility index (Phi) is 35.2. The highest BCUT2D eigenvalue weighted by atomic mass is 35.5. The third-order valence-corrected chi connectivity index (χ3v) is 35.0. The Bertz CT molecular complexity index is 5380. The lowest BCUT2D eigenvalue weighted by Crippen LogP contribution is -2.23. The van der Waals surface area contributed by atoms with Gasteiger partial charge in [0.15, 0.2) is 68.5 Å². The molecule has 18 rings (SSSR count). The van der Waals surface area contributed by atoms with Crippen molar-refractivity contribution < 1.29 is 4.74 Å². The summed E-state index contributed by atoms with van der Waals surface area (Å²) >= 11 is 13.9. The average molecular weight is 1740 g/mol. The Balaban J connectivity index is 0.000000127. The molecule has 0 spiro atoms. The van der Waals surface area contributed by atoms with E-state index in [0.29, 0.717) is 21.8 Å². The van der Waals surface area contributed by atoms with Gasteiger partial charge in [-0.15, -0.1) is 0 Å². The molecule has 2 saturated carbocycles. The highest BCUT2D eigenvalue weighted by Gasteiger charge is 2.34. The second-order valence-corrected chi connectivity index (χ2v) is 43.7. The van der Waals surface area contributed by atoms with Crippen molar-refractivity contribution in [2.24, 2.45) is 0 Å². The van der Waals surface area contributed by atoms with Crippen molar-refractivity contribution in [3.05, 3.63) is 452 Å². The van der Waals surface area contributed by atoms with Crippen LogP contribution in [-0.4, -0.2) is 31.1 Å². The van der Waals surface area contributed by atoms with Crippen LogP contribution in [0.4, 0.5) is 0 Å². The zero-order valence-corrected chi connectivity index (χ0v) is 76.0. The van der Waals surface area contributed by atoms with Crippen LogP contribution in [0.5, 0.6) is 5.75 Å². The van der Waals surface area contributed by atoms with E-state index >= 15 is 0 Å². The molecule has 0 aliphatic heterocycles. The Morgan fingerprint density at radius 3 is 0.925 bits per heavy atom. The first-order chi connectivity index (χ1) is 59.1. The van der Waals surface area contributed by atoms with Crippen LogP contribution in [0, 0.1) is 0 Å². The monoisotopic (exact) mass is 1740 g/mol. The van der Waals surface area contributed by atoms with Crippen LogP contribution < -0.4 is 4.74 Å². The van der Waals surface area contributed by atoms with Crippen LogP contribution in [0.1, 0.15) is 75.7 Å². The third kappa shape index (κ3) is 26.1. The number of benzene rings is 16. The lowest BCUT2D eigenvalue weighted by molar-refractivity contribution is 0.414. The van der Waals surface area contributed by atoms with Crippen molar-refractivity contribution in [1.29, 1.82) is 0 Å².